The molecule has 0 aliphatic rings. The van der Waals surface area contributed by atoms with Crippen molar-refractivity contribution in [1.29, 1.82) is 0 Å². The van der Waals surface area contributed by atoms with Crippen LogP contribution in [0.15, 0.2) is 83.0 Å². The lowest BCUT2D eigenvalue weighted by molar-refractivity contribution is 0.546. The normalized spacial score (nSPS) is 10.2. The SMILES string of the molecule is C=Cc1nc(-c2ccccc2Cl)c(-c2ccc(N(CC)CC)cc2)o1.C=Cc1ncco1. The lowest BCUT2D eigenvalue weighted by Crippen LogP contribution is -2.21. The third kappa shape index (κ3) is 5.37. The monoisotopic (exact) mass is 447 g/mol. The lowest BCUT2D eigenvalue weighted by atomic mass is 10.1. The number of oxazole rings is 2. The molecule has 2 heterocycles. The summed E-state index contributed by atoms with van der Waals surface area (Å²) in [5.74, 6) is 1.76. The van der Waals surface area contributed by atoms with Crippen LogP contribution in [-0.4, -0.2) is 23.1 Å². The van der Waals surface area contributed by atoms with Crippen molar-refractivity contribution in [3.63, 3.8) is 0 Å². The van der Waals surface area contributed by atoms with E-state index in [-0.39, 0.29) is 0 Å². The van der Waals surface area contributed by atoms with Gasteiger partial charge in [-0.15, -0.1) is 0 Å². The number of aromatic nitrogens is 2. The van der Waals surface area contributed by atoms with Gasteiger partial charge in [-0.2, -0.15) is 0 Å². The Kier molecular flexibility index (Phi) is 8.06. The van der Waals surface area contributed by atoms with Gasteiger partial charge in [-0.25, -0.2) is 9.97 Å². The smallest absolute Gasteiger partial charge is 0.219 e. The zero-order valence-corrected chi connectivity index (χ0v) is 19.0. The van der Waals surface area contributed by atoms with E-state index in [9.17, 15) is 0 Å². The first kappa shape index (κ1) is 23.1. The third-order valence-corrected chi connectivity index (χ3v) is 5.16. The number of halogens is 1. The highest BCUT2D eigenvalue weighted by Crippen LogP contribution is 2.37. The number of benzene rings is 2. The maximum absolute atomic E-state index is 6.36. The molecule has 6 heteroatoms. The minimum Gasteiger partial charge on any atom is -0.445 e. The van der Waals surface area contributed by atoms with Crippen molar-refractivity contribution in [3.8, 4) is 22.6 Å². The fourth-order valence-electron chi connectivity index (χ4n) is 3.20. The fourth-order valence-corrected chi connectivity index (χ4v) is 3.43. The molecule has 0 amide bonds. The quantitative estimate of drug-likeness (QED) is 0.294. The van der Waals surface area contributed by atoms with Gasteiger partial charge in [0.1, 0.15) is 12.0 Å². The second-order valence-electron chi connectivity index (χ2n) is 6.71. The molecular formula is C26H26ClN3O2. The summed E-state index contributed by atoms with van der Waals surface area (Å²) < 4.78 is 10.7. The summed E-state index contributed by atoms with van der Waals surface area (Å²) in [6.07, 6.45) is 6.25. The minimum atomic E-state index is 0.484. The Morgan fingerprint density at radius 2 is 1.66 bits per heavy atom. The summed E-state index contributed by atoms with van der Waals surface area (Å²) >= 11 is 6.36. The molecule has 164 valence electrons. The van der Waals surface area contributed by atoms with Gasteiger partial charge >= 0.3 is 0 Å². The molecule has 32 heavy (non-hydrogen) atoms. The molecule has 0 atom stereocenters. The largest absolute Gasteiger partial charge is 0.445 e. The third-order valence-electron chi connectivity index (χ3n) is 4.83. The van der Waals surface area contributed by atoms with Gasteiger partial charge < -0.3 is 13.7 Å². The van der Waals surface area contributed by atoms with Crippen LogP contribution in [0.4, 0.5) is 5.69 Å². The molecule has 4 aromatic rings. The Balaban J connectivity index is 0.000000352. The van der Waals surface area contributed by atoms with E-state index < -0.39 is 0 Å². The topological polar surface area (TPSA) is 55.3 Å². The van der Waals surface area contributed by atoms with E-state index in [0.717, 1.165) is 29.9 Å². The molecule has 4 rings (SSSR count). The van der Waals surface area contributed by atoms with E-state index >= 15 is 0 Å². The summed E-state index contributed by atoms with van der Waals surface area (Å²) in [5, 5.41) is 0.646. The maximum Gasteiger partial charge on any atom is 0.219 e. The first-order valence-electron chi connectivity index (χ1n) is 10.4. The highest BCUT2D eigenvalue weighted by Gasteiger charge is 2.18. The highest BCUT2D eigenvalue weighted by atomic mass is 35.5. The second-order valence-corrected chi connectivity index (χ2v) is 7.11. The van der Waals surface area contributed by atoms with Gasteiger partial charge in [-0.1, -0.05) is 43.0 Å². The van der Waals surface area contributed by atoms with E-state index in [0.29, 0.717) is 22.6 Å². The van der Waals surface area contributed by atoms with Crippen LogP contribution >= 0.6 is 11.6 Å². The zero-order chi connectivity index (χ0) is 22.9. The minimum absolute atomic E-state index is 0.484. The second kappa shape index (κ2) is 11.2. The molecule has 2 aromatic carbocycles. The number of rotatable bonds is 7. The van der Waals surface area contributed by atoms with E-state index in [4.69, 9.17) is 20.4 Å². The van der Waals surface area contributed by atoms with Crippen molar-refractivity contribution in [2.45, 2.75) is 13.8 Å². The van der Waals surface area contributed by atoms with E-state index in [1.54, 1.807) is 18.3 Å². The van der Waals surface area contributed by atoms with Crippen molar-refractivity contribution in [1.82, 2.24) is 9.97 Å². The van der Waals surface area contributed by atoms with Crippen LogP contribution in [0.1, 0.15) is 25.6 Å². The van der Waals surface area contributed by atoms with Crippen LogP contribution in [0, 0.1) is 0 Å². The van der Waals surface area contributed by atoms with Crippen LogP contribution < -0.4 is 4.90 Å². The van der Waals surface area contributed by atoms with Gasteiger partial charge in [0, 0.05) is 29.9 Å². The molecule has 0 unspecified atom stereocenters. The molecule has 2 aromatic heterocycles. The molecule has 5 nitrogen and oxygen atoms in total. The average Bonchev–Trinajstić information content (AvgIpc) is 3.51. The molecule has 0 aliphatic heterocycles. The average molecular weight is 448 g/mol. The Hall–Kier alpha value is -3.57. The molecule has 0 radical (unpaired) electrons. The Labute approximate surface area is 193 Å². The van der Waals surface area contributed by atoms with E-state index in [2.05, 4.69) is 66.1 Å². The van der Waals surface area contributed by atoms with Crippen molar-refractivity contribution in [2.24, 2.45) is 0 Å². The summed E-state index contributed by atoms with van der Waals surface area (Å²) in [7, 11) is 0. The van der Waals surface area contributed by atoms with Gasteiger partial charge in [-0.3, -0.25) is 0 Å². The molecule has 0 saturated heterocycles. The summed E-state index contributed by atoms with van der Waals surface area (Å²) in [4.78, 5) is 10.6. The Bertz CT molecular complexity index is 1140. The predicted molar refractivity (Wildman–Crippen MR) is 133 cm³/mol. The molecule has 0 N–H and O–H groups in total. The standard InChI is InChI=1S/C21H21ClN2O.C5H5NO/c1-4-19-23-20(17-9-7-8-10-18(17)22)21(25-19)15-11-13-16(14-12-15)24(5-2)6-3;1-2-5-6-3-4-7-5/h4,7-14H,1,5-6H2,2-3H3;2-4H,1H2. The predicted octanol–water partition coefficient (Wildman–Crippen LogP) is 7.47. The maximum atomic E-state index is 6.36. The van der Waals surface area contributed by atoms with Crippen molar-refractivity contribution < 1.29 is 8.83 Å². The van der Waals surface area contributed by atoms with Crippen molar-refractivity contribution in [3.05, 3.63) is 91.0 Å². The molecule has 0 aliphatic carbocycles. The number of nitrogens with zero attached hydrogens (tertiary/aromatic N) is 3. The first-order chi connectivity index (χ1) is 15.6. The number of hydrogen-bond donors (Lipinski definition) is 0. The van der Waals surface area contributed by atoms with Crippen LogP contribution in [-0.2, 0) is 0 Å². The van der Waals surface area contributed by atoms with Crippen LogP contribution in [0.5, 0.6) is 0 Å². The van der Waals surface area contributed by atoms with E-state index in [1.165, 1.54) is 12.0 Å². The van der Waals surface area contributed by atoms with Crippen molar-refractivity contribution in [2.75, 3.05) is 18.0 Å². The van der Waals surface area contributed by atoms with Crippen LogP contribution in [0.3, 0.4) is 0 Å². The first-order valence-corrected chi connectivity index (χ1v) is 10.7. The van der Waals surface area contributed by atoms with Crippen LogP contribution in [0.2, 0.25) is 5.02 Å². The Morgan fingerprint density at radius 3 is 2.19 bits per heavy atom. The summed E-state index contributed by atoms with van der Waals surface area (Å²) in [5.41, 5.74) is 3.74. The van der Waals surface area contributed by atoms with Gasteiger partial charge in [0.25, 0.3) is 0 Å². The fraction of sp³-hybridized carbons (Fsp3) is 0.154. The van der Waals surface area contributed by atoms with Gasteiger partial charge in [0.2, 0.25) is 11.8 Å². The molecule has 0 spiro atoms. The summed E-state index contributed by atoms with van der Waals surface area (Å²) in [6.45, 7) is 13.5. The van der Waals surface area contributed by atoms with Gasteiger partial charge in [0.15, 0.2) is 5.76 Å². The Morgan fingerprint density at radius 1 is 0.969 bits per heavy atom. The summed E-state index contributed by atoms with van der Waals surface area (Å²) in [6, 6.07) is 16.0. The molecular weight excluding hydrogens is 422 g/mol. The molecule has 0 bridgehead atoms. The highest BCUT2D eigenvalue weighted by molar-refractivity contribution is 6.33. The van der Waals surface area contributed by atoms with Gasteiger partial charge in [0.05, 0.1) is 11.2 Å². The molecule has 0 fully saturated rings. The zero-order valence-electron chi connectivity index (χ0n) is 18.3. The molecule has 0 saturated carbocycles. The number of hydrogen-bond acceptors (Lipinski definition) is 5. The van der Waals surface area contributed by atoms with Crippen LogP contribution in [0.25, 0.3) is 34.7 Å². The number of anilines is 1. The van der Waals surface area contributed by atoms with E-state index in [1.807, 2.05) is 24.3 Å². The van der Waals surface area contributed by atoms with Gasteiger partial charge in [-0.05, 0) is 56.3 Å². The lowest BCUT2D eigenvalue weighted by Gasteiger charge is -2.21. The van der Waals surface area contributed by atoms with Crippen molar-refractivity contribution >= 4 is 29.4 Å².